The van der Waals surface area contributed by atoms with Crippen molar-refractivity contribution in [3.05, 3.63) is 236 Å². The zero-order chi connectivity index (χ0) is 41.6. The number of benzene rings is 9. The molecule has 0 amide bonds. The summed E-state index contributed by atoms with van der Waals surface area (Å²) in [5, 5.41) is 5.07. The molecule has 0 saturated carbocycles. The standard InChI is InChI=1S/C61H42N2/c1-61-35-17-16-28-56(61)49-25-11-10-24-47(49)54-37-43(38-55-51-27-13-15-30-59(51)63(61)60(54)55)42-31-34-58-53(36-42)50-26-12-14-29-57(50)62(58)44-32-33-48(52(39-44)41-20-6-3-7-21-41)46-23-9-8-22-45(46)40-18-4-2-5-19-40/h2-39,56H,1H3. The van der Waals surface area contributed by atoms with Crippen LogP contribution in [0.1, 0.15) is 18.4 Å². The van der Waals surface area contributed by atoms with Gasteiger partial charge in [-0.15, -0.1) is 0 Å². The maximum atomic E-state index is 2.63. The van der Waals surface area contributed by atoms with Gasteiger partial charge < -0.3 is 9.13 Å². The molecule has 0 spiro atoms. The Labute approximate surface area is 367 Å². The number of para-hydroxylation sites is 2. The molecule has 2 atom stereocenters. The largest absolute Gasteiger partial charge is 0.329 e. The molecular formula is C61H42N2. The van der Waals surface area contributed by atoms with Gasteiger partial charge in [0.15, 0.2) is 0 Å². The molecule has 296 valence electrons. The predicted octanol–water partition coefficient (Wildman–Crippen LogP) is 16.2. The Balaban J connectivity index is 1.02. The molecule has 0 fully saturated rings. The highest BCUT2D eigenvalue weighted by Gasteiger charge is 2.41. The van der Waals surface area contributed by atoms with Crippen LogP contribution < -0.4 is 0 Å². The van der Waals surface area contributed by atoms with E-state index in [0.717, 1.165) is 5.69 Å². The lowest BCUT2D eigenvalue weighted by molar-refractivity contribution is 0.390. The number of hydrogen-bond acceptors (Lipinski definition) is 0. The van der Waals surface area contributed by atoms with Crippen molar-refractivity contribution in [1.82, 2.24) is 9.13 Å². The van der Waals surface area contributed by atoms with Crippen molar-refractivity contribution in [2.24, 2.45) is 0 Å². The average molecular weight is 803 g/mol. The van der Waals surface area contributed by atoms with Gasteiger partial charge in [-0.3, -0.25) is 0 Å². The summed E-state index contributed by atoms with van der Waals surface area (Å²) in [6.45, 7) is 2.41. The van der Waals surface area contributed by atoms with Crippen LogP contribution in [0.5, 0.6) is 0 Å². The topological polar surface area (TPSA) is 9.86 Å². The van der Waals surface area contributed by atoms with Gasteiger partial charge >= 0.3 is 0 Å². The molecule has 2 nitrogen and oxygen atoms in total. The number of rotatable bonds is 5. The lowest BCUT2D eigenvalue weighted by Gasteiger charge is -2.37. The Morgan fingerprint density at radius 3 is 1.78 bits per heavy atom. The summed E-state index contributed by atoms with van der Waals surface area (Å²) in [4.78, 5) is 0. The quantitative estimate of drug-likeness (QED) is 0.164. The molecule has 9 aromatic carbocycles. The van der Waals surface area contributed by atoms with Gasteiger partial charge in [-0.05, 0) is 111 Å². The third kappa shape index (κ3) is 5.31. The van der Waals surface area contributed by atoms with E-state index in [-0.39, 0.29) is 11.5 Å². The van der Waals surface area contributed by atoms with Crippen LogP contribution >= 0.6 is 0 Å². The Hall–Kier alpha value is -7.94. The zero-order valence-corrected chi connectivity index (χ0v) is 34.9. The molecule has 1 aliphatic heterocycles. The van der Waals surface area contributed by atoms with Crippen molar-refractivity contribution in [2.45, 2.75) is 18.4 Å². The van der Waals surface area contributed by atoms with Crippen LogP contribution in [0.2, 0.25) is 0 Å². The molecule has 63 heavy (non-hydrogen) atoms. The molecule has 13 rings (SSSR count). The van der Waals surface area contributed by atoms with Gasteiger partial charge in [0.25, 0.3) is 0 Å². The van der Waals surface area contributed by atoms with Crippen LogP contribution in [0.25, 0.3) is 105 Å². The molecule has 0 radical (unpaired) electrons. The smallest absolute Gasteiger partial charge is 0.0712 e. The Morgan fingerprint density at radius 1 is 0.381 bits per heavy atom. The first-order valence-electron chi connectivity index (χ1n) is 22.1. The molecule has 2 unspecified atom stereocenters. The van der Waals surface area contributed by atoms with Gasteiger partial charge in [-0.1, -0.05) is 182 Å². The van der Waals surface area contributed by atoms with Crippen LogP contribution in [0.15, 0.2) is 231 Å². The Kier molecular flexibility index (Phi) is 7.83. The highest BCUT2D eigenvalue weighted by molar-refractivity contribution is 6.16. The summed E-state index contributed by atoms with van der Waals surface area (Å²) in [6.07, 6.45) is 9.26. The Bertz CT molecular complexity index is 3690. The molecule has 1 aliphatic carbocycles. The first-order valence-corrected chi connectivity index (χ1v) is 22.1. The lowest BCUT2D eigenvalue weighted by atomic mass is 9.76. The van der Waals surface area contributed by atoms with Crippen molar-refractivity contribution in [3.8, 4) is 61.3 Å². The third-order valence-electron chi connectivity index (χ3n) is 14.0. The number of aromatic nitrogens is 2. The second-order valence-corrected chi connectivity index (χ2v) is 17.4. The van der Waals surface area contributed by atoms with Crippen LogP contribution in [-0.2, 0) is 5.54 Å². The minimum absolute atomic E-state index is 0.200. The van der Waals surface area contributed by atoms with Gasteiger partial charge in [0.2, 0.25) is 0 Å². The minimum Gasteiger partial charge on any atom is -0.329 e. The minimum atomic E-state index is -0.260. The molecule has 0 N–H and O–H groups in total. The van der Waals surface area contributed by atoms with Crippen LogP contribution in [0.4, 0.5) is 0 Å². The van der Waals surface area contributed by atoms with E-state index in [9.17, 15) is 0 Å². The molecule has 2 heteroatoms. The maximum absolute atomic E-state index is 2.63. The van der Waals surface area contributed by atoms with Gasteiger partial charge in [0, 0.05) is 44.2 Å². The van der Waals surface area contributed by atoms with E-state index < -0.39 is 0 Å². The third-order valence-corrected chi connectivity index (χ3v) is 14.0. The summed E-state index contributed by atoms with van der Waals surface area (Å²) in [5.41, 5.74) is 19.5. The first-order chi connectivity index (χ1) is 31.1. The van der Waals surface area contributed by atoms with E-state index in [2.05, 4.69) is 247 Å². The van der Waals surface area contributed by atoms with E-state index in [1.807, 2.05) is 0 Å². The fourth-order valence-electron chi connectivity index (χ4n) is 11.1. The van der Waals surface area contributed by atoms with Crippen LogP contribution in [0.3, 0.4) is 0 Å². The molecule has 2 aliphatic rings. The van der Waals surface area contributed by atoms with E-state index in [1.54, 1.807) is 0 Å². The van der Waals surface area contributed by atoms with Gasteiger partial charge in [0.05, 0.1) is 22.1 Å². The van der Waals surface area contributed by atoms with Crippen LogP contribution in [0, 0.1) is 0 Å². The SMILES string of the molecule is CC12C=CC=CC1c1ccccc1-c1cc(-c3ccc4c(c3)c3ccccc3n4-c3ccc(-c4ccccc4-c4ccccc4)c(-c4ccccc4)c3)cc3c4ccccc4n2c13. The molecule has 2 aromatic heterocycles. The molecule has 0 bridgehead atoms. The van der Waals surface area contributed by atoms with Crippen LogP contribution in [-0.4, -0.2) is 9.13 Å². The highest BCUT2D eigenvalue weighted by atomic mass is 15.1. The lowest BCUT2D eigenvalue weighted by Crippen LogP contribution is -2.34. The number of hydrogen-bond donors (Lipinski definition) is 0. The second kappa shape index (κ2) is 13.8. The monoisotopic (exact) mass is 802 g/mol. The average Bonchev–Trinajstić information content (AvgIpc) is 3.84. The fourth-order valence-corrected chi connectivity index (χ4v) is 11.1. The zero-order valence-electron chi connectivity index (χ0n) is 34.9. The Morgan fingerprint density at radius 2 is 0.984 bits per heavy atom. The predicted molar refractivity (Wildman–Crippen MR) is 266 cm³/mol. The van der Waals surface area contributed by atoms with Crippen molar-refractivity contribution in [2.75, 3.05) is 0 Å². The first kappa shape index (κ1) is 35.8. The normalized spacial score (nSPS) is 16.4. The van der Waals surface area contributed by atoms with E-state index in [0.29, 0.717) is 0 Å². The van der Waals surface area contributed by atoms with Gasteiger partial charge in [-0.25, -0.2) is 0 Å². The fraction of sp³-hybridized carbons (Fsp3) is 0.0492. The molecule has 3 heterocycles. The second-order valence-electron chi connectivity index (χ2n) is 17.4. The summed E-state index contributed by atoms with van der Waals surface area (Å²) in [7, 11) is 0. The summed E-state index contributed by atoms with van der Waals surface area (Å²) >= 11 is 0. The van der Waals surface area contributed by atoms with Crippen molar-refractivity contribution < 1.29 is 0 Å². The summed E-state index contributed by atoms with van der Waals surface area (Å²) in [5.74, 6) is 0.200. The molecule has 11 aromatic rings. The number of fused-ring (bicyclic) bond motifs is 11. The summed E-state index contributed by atoms with van der Waals surface area (Å²) < 4.78 is 5.09. The van der Waals surface area contributed by atoms with Crippen molar-refractivity contribution in [1.29, 1.82) is 0 Å². The van der Waals surface area contributed by atoms with E-state index >= 15 is 0 Å². The molecule has 0 saturated heterocycles. The maximum Gasteiger partial charge on any atom is 0.0712 e. The van der Waals surface area contributed by atoms with Gasteiger partial charge in [0.1, 0.15) is 0 Å². The van der Waals surface area contributed by atoms with E-state index in [1.165, 1.54) is 105 Å². The van der Waals surface area contributed by atoms with E-state index in [4.69, 9.17) is 0 Å². The number of allylic oxidation sites excluding steroid dienone is 4. The van der Waals surface area contributed by atoms with Crippen molar-refractivity contribution >= 4 is 43.6 Å². The molecular weight excluding hydrogens is 761 g/mol. The van der Waals surface area contributed by atoms with Gasteiger partial charge in [-0.2, -0.15) is 0 Å². The number of nitrogens with zero attached hydrogens (tertiary/aromatic N) is 2. The van der Waals surface area contributed by atoms with Crippen molar-refractivity contribution in [3.63, 3.8) is 0 Å². The summed E-state index contributed by atoms with van der Waals surface area (Å²) in [6, 6.07) is 76.4. The highest BCUT2D eigenvalue weighted by Crippen LogP contribution is 2.53.